The molecule has 3 heterocycles. The molecule has 2 N–H and O–H groups in total. The molecule has 138 valence electrons. The Bertz CT molecular complexity index is 818. The van der Waals surface area contributed by atoms with Crippen LogP contribution in [-0.2, 0) is 0 Å². The molecule has 26 heavy (non-hydrogen) atoms. The molecular weight excluding hydrogens is 349 g/mol. The van der Waals surface area contributed by atoms with Crippen LogP contribution in [0.25, 0.3) is 11.3 Å². The first-order valence-corrected chi connectivity index (χ1v) is 8.40. The second-order valence-electron chi connectivity index (χ2n) is 6.60. The van der Waals surface area contributed by atoms with Gasteiger partial charge in [0.25, 0.3) is 5.91 Å². The van der Waals surface area contributed by atoms with Gasteiger partial charge in [-0.2, -0.15) is 0 Å². The van der Waals surface area contributed by atoms with E-state index in [1.165, 1.54) is 24.3 Å². The van der Waals surface area contributed by atoms with Crippen molar-refractivity contribution in [3.8, 4) is 17.1 Å². The molecule has 4 rings (SSSR count). The molecule has 3 atom stereocenters. The third-order valence-corrected chi connectivity index (χ3v) is 4.80. The average molecular weight is 366 g/mol. The van der Waals surface area contributed by atoms with Gasteiger partial charge in [0, 0.05) is 23.7 Å². The van der Waals surface area contributed by atoms with E-state index >= 15 is 0 Å². The number of fused-ring (bicyclic) bond motifs is 2. The molecule has 2 aliphatic heterocycles. The molecule has 0 saturated carbocycles. The van der Waals surface area contributed by atoms with E-state index < -0.39 is 6.36 Å². The highest BCUT2D eigenvalue weighted by Gasteiger charge is 2.40. The van der Waals surface area contributed by atoms with Crippen LogP contribution in [0.4, 0.5) is 13.2 Å². The number of nitrogens with one attached hydrogen (secondary N) is 2. The zero-order chi connectivity index (χ0) is 18.3. The monoisotopic (exact) mass is 366 g/mol. The minimum atomic E-state index is -4.76. The molecule has 2 aliphatic rings. The quantitative estimate of drug-likeness (QED) is 0.870. The number of halogens is 3. The fourth-order valence-electron chi connectivity index (χ4n) is 3.68. The second kappa shape index (κ2) is 6.35. The van der Waals surface area contributed by atoms with Gasteiger partial charge in [0.1, 0.15) is 11.5 Å². The molecule has 2 fully saturated rings. The van der Waals surface area contributed by atoms with Crippen molar-refractivity contribution in [3.63, 3.8) is 0 Å². The van der Waals surface area contributed by atoms with Crippen molar-refractivity contribution < 1.29 is 27.1 Å². The van der Waals surface area contributed by atoms with E-state index in [0.29, 0.717) is 23.4 Å². The molecule has 2 saturated heterocycles. The van der Waals surface area contributed by atoms with Crippen LogP contribution in [0.15, 0.2) is 40.8 Å². The van der Waals surface area contributed by atoms with E-state index in [1.807, 2.05) is 0 Å². The van der Waals surface area contributed by atoms with Crippen LogP contribution in [0.2, 0.25) is 0 Å². The van der Waals surface area contributed by atoms with Gasteiger partial charge in [-0.15, -0.1) is 13.2 Å². The van der Waals surface area contributed by atoms with E-state index in [0.717, 1.165) is 19.3 Å². The van der Waals surface area contributed by atoms with Gasteiger partial charge in [-0.1, -0.05) is 12.1 Å². The lowest BCUT2D eigenvalue weighted by Gasteiger charge is -2.20. The SMILES string of the molecule is O=C(N[C@@H]1C[C@@H]2CC[C@@H]1N2)c1ccc(-c2cccc(OC(F)(F)F)c2)o1. The highest BCUT2D eigenvalue weighted by Crippen LogP contribution is 2.30. The number of carbonyl (C=O) groups excluding carboxylic acids is 1. The molecule has 0 radical (unpaired) electrons. The fraction of sp³-hybridized carbons (Fsp3) is 0.389. The van der Waals surface area contributed by atoms with Crippen molar-refractivity contribution in [3.05, 3.63) is 42.2 Å². The summed E-state index contributed by atoms with van der Waals surface area (Å²) in [5, 5.41) is 6.40. The highest BCUT2D eigenvalue weighted by atomic mass is 19.4. The van der Waals surface area contributed by atoms with Gasteiger partial charge in [-0.05, 0) is 43.5 Å². The highest BCUT2D eigenvalue weighted by molar-refractivity contribution is 5.92. The number of hydrogen-bond acceptors (Lipinski definition) is 4. The molecule has 8 heteroatoms. The number of benzene rings is 1. The molecule has 0 aliphatic carbocycles. The first kappa shape index (κ1) is 17.0. The summed E-state index contributed by atoms with van der Waals surface area (Å²) < 4.78 is 46.5. The Labute approximate surface area is 147 Å². The largest absolute Gasteiger partial charge is 0.573 e. The summed E-state index contributed by atoms with van der Waals surface area (Å²) in [6.45, 7) is 0. The molecule has 1 amide bonds. The van der Waals surface area contributed by atoms with Gasteiger partial charge >= 0.3 is 6.36 Å². The van der Waals surface area contributed by atoms with Crippen molar-refractivity contribution in [1.82, 2.24) is 10.6 Å². The third kappa shape index (κ3) is 3.55. The van der Waals surface area contributed by atoms with Crippen molar-refractivity contribution in [2.45, 2.75) is 43.8 Å². The van der Waals surface area contributed by atoms with Crippen LogP contribution >= 0.6 is 0 Å². The Balaban J connectivity index is 1.46. The summed E-state index contributed by atoms with van der Waals surface area (Å²) in [5.41, 5.74) is 0.396. The Kier molecular flexibility index (Phi) is 4.14. The van der Waals surface area contributed by atoms with Gasteiger partial charge in [0.05, 0.1) is 0 Å². The zero-order valence-corrected chi connectivity index (χ0v) is 13.7. The van der Waals surface area contributed by atoms with Crippen LogP contribution in [0, 0.1) is 0 Å². The van der Waals surface area contributed by atoms with E-state index in [4.69, 9.17) is 4.42 Å². The minimum Gasteiger partial charge on any atom is -0.451 e. The maximum atomic E-state index is 12.4. The van der Waals surface area contributed by atoms with Gasteiger partial charge in [-0.25, -0.2) is 0 Å². The lowest BCUT2D eigenvalue weighted by molar-refractivity contribution is -0.274. The Morgan fingerprint density at radius 2 is 2.08 bits per heavy atom. The Morgan fingerprint density at radius 1 is 1.23 bits per heavy atom. The number of rotatable bonds is 4. The maximum Gasteiger partial charge on any atom is 0.573 e. The second-order valence-corrected chi connectivity index (χ2v) is 6.60. The summed E-state index contributed by atoms with van der Waals surface area (Å²) in [6.07, 6.45) is -1.67. The molecule has 0 spiro atoms. The predicted octanol–water partition coefficient (Wildman–Crippen LogP) is 3.47. The van der Waals surface area contributed by atoms with Crippen molar-refractivity contribution >= 4 is 5.91 Å². The van der Waals surface area contributed by atoms with Crippen LogP contribution < -0.4 is 15.4 Å². The van der Waals surface area contributed by atoms with Crippen molar-refractivity contribution in [2.24, 2.45) is 0 Å². The Morgan fingerprint density at radius 3 is 2.77 bits per heavy atom. The van der Waals surface area contributed by atoms with Crippen molar-refractivity contribution in [1.29, 1.82) is 0 Å². The molecule has 0 unspecified atom stereocenters. The number of furan rings is 1. The topological polar surface area (TPSA) is 63.5 Å². The van der Waals surface area contributed by atoms with Gasteiger partial charge < -0.3 is 19.8 Å². The lowest BCUT2D eigenvalue weighted by atomic mass is 9.95. The van der Waals surface area contributed by atoms with E-state index in [1.54, 1.807) is 12.1 Å². The summed E-state index contributed by atoms with van der Waals surface area (Å²) in [6, 6.07) is 9.36. The van der Waals surface area contributed by atoms with Crippen LogP contribution in [0.1, 0.15) is 29.8 Å². The molecule has 1 aromatic carbocycles. The first-order valence-electron chi connectivity index (χ1n) is 8.40. The molecular formula is C18H17F3N2O3. The van der Waals surface area contributed by atoms with E-state index in [9.17, 15) is 18.0 Å². The molecule has 1 aromatic heterocycles. The molecule has 2 bridgehead atoms. The average Bonchev–Trinajstić information content (AvgIpc) is 3.30. The van der Waals surface area contributed by atoms with Crippen molar-refractivity contribution in [2.75, 3.05) is 0 Å². The Hall–Kier alpha value is -2.48. The molecule has 5 nitrogen and oxygen atoms in total. The van der Waals surface area contributed by atoms with Crippen LogP contribution in [0.3, 0.4) is 0 Å². The summed E-state index contributed by atoms with van der Waals surface area (Å²) in [4.78, 5) is 12.4. The maximum absolute atomic E-state index is 12.4. The van der Waals surface area contributed by atoms with E-state index in [2.05, 4.69) is 15.4 Å². The van der Waals surface area contributed by atoms with Crippen LogP contribution in [0.5, 0.6) is 5.75 Å². The van der Waals surface area contributed by atoms with Gasteiger partial charge in [-0.3, -0.25) is 4.79 Å². The fourth-order valence-corrected chi connectivity index (χ4v) is 3.68. The normalized spacial score (nSPS) is 24.7. The third-order valence-electron chi connectivity index (χ3n) is 4.80. The minimum absolute atomic E-state index is 0.0818. The summed E-state index contributed by atoms with van der Waals surface area (Å²) in [7, 11) is 0. The number of ether oxygens (including phenoxy) is 1. The first-order chi connectivity index (χ1) is 12.4. The summed E-state index contributed by atoms with van der Waals surface area (Å²) in [5.74, 6) is -0.234. The number of carbonyl (C=O) groups is 1. The number of alkyl halides is 3. The van der Waals surface area contributed by atoms with Crippen LogP contribution in [-0.4, -0.2) is 30.4 Å². The van der Waals surface area contributed by atoms with E-state index in [-0.39, 0.29) is 23.5 Å². The smallest absolute Gasteiger partial charge is 0.451 e. The number of hydrogen-bond donors (Lipinski definition) is 2. The number of amides is 1. The predicted molar refractivity (Wildman–Crippen MR) is 86.6 cm³/mol. The van der Waals surface area contributed by atoms with Gasteiger partial charge in [0.15, 0.2) is 5.76 Å². The molecule has 2 aromatic rings. The summed E-state index contributed by atoms with van der Waals surface area (Å²) >= 11 is 0. The standard InChI is InChI=1S/C18H17F3N2O3/c19-18(20,21)26-12-3-1-2-10(8-12)15-6-7-16(25-15)17(24)23-14-9-11-4-5-13(14)22-11/h1-3,6-8,11,13-14,22H,4-5,9H2,(H,23,24)/t11-,13-,14+/m0/s1. The zero-order valence-electron chi connectivity index (χ0n) is 13.7. The van der Waals surface area contributed by atoms with Gasteiger partial charge in [0.2, 0.25) is 0 Å². The lowest BCUT2D eigenvalue weighted by Crippen LogP contribution is -2.42.